The van der Waals surface area contributed by atoms with Crippen LogP contribution in [0.15, 0.2) is 0 Å². The van der Waals surface area contributed by atoms with Crippen molar-refractivity contribution in [2.45, 2.75) is 46.0 Å². The Morgan fingerprint density at radius 3 is 2.75 bits per heavy atom. The Kier molecular flexibility index (Phi) is 6.36. The quantitative estimate of drug-likeness (QED) is 0.795. The molecule has 132 valence electrons. The molecule has 1 amide bonds. The smallest absolute Gasteiger partial charge is 0.341 e. The highest BCUT2D eigenvalue weighted by Gasteiger charge is 2.28. The minimum Gasteiger partial charge on any atom is -0.465 e. The van der Waals surface area contributed by atoms with Crippen molar-refractivity contribution in [3.05, 3.63) is 16.0 Å². The summed E-state index contributed by atoms with van der Waals surface area (Å²) in [4.78, 5) is 36.6. The number of thiophene rings is 1. The molecule has 1 aromatic heterocycles. The fraction of sp³-hybridized carbons (Fsp3) is 0.588. The molecule has 0 saturated carbocycles. The lowest BCUT2D eigenvalue weighted by Gasteiger charge is -2.18. The lowest BCUT2D eigenvalue weighted by atomic mass is 9.88. The number of amides is 1. The van der Waals surface area contributed by atoms with Gasteiger partial charge in [0.2, 0.25) is 0 Å². The highest BCUT2D eigenvalue weighted by atomic mass is 32.1. The maximum absolute atomic E-state index is 12.1. The van der Waals surface area contributed by atoms with E-state index in [1.165, 1.54) is 18.4 Å². The zero-order valence-corrected chi connectivity index (χ0v) is 15.1. The first kappa shape index (κ1) is 18.4. The highest BCUT2D eigenvalue weighted by molar-refractivity contribution is 7.17. The first-order valence-electron chi connectivity index (χ1n) is 8.14. The van der Waals surface area contributed by atoms with E-state index in [1.54, 1.807) is 0 Å². The number of fused-ring (bicyclic) bond motifs is 1. The molecule has 0 aromatic carbocycles. The van der Waals surface area contributed by atoms with Crippen molar-refractivity contribution >= 4 is 34.2 Å². The number of rotatable bonds is 6. The molecule has 0 radical (unpaired) electrons. The molecule has 1 N–H and O–H groups in total. The molecule has 2 rings (SSSR count). The van der Waals surface area contributed by atoms with Crippen LogP contribution in [0.1, 0.15) is 53.9 Å². The first-order chi connectivity index (χ1) is 11.5. The molecule has 1 aliphatic rings. The molecule has 0 aliphatic heterocycles. The summed E-state index contributed by atoms with van der Waals surface area (Å²) < 4.78 is 9.77. The summed E-state index contributed by atoms with van der Waals surface area (Å²) in [5.41, 5.74) is 1.42. The lowest BCUT2D eigenvalue weighted by molar-refractivity contribution is -0.147. The summed E-state index contributed by atoms with van der Waals surface area (Å²) in [5.74, 6) is -0.739. The number of nitrogens with one attached hydrogen (secondary N) is 1. The molecule has 7 heteroatoms. The molecule has 1 aliphatic carbocycles. The predicted octanol–water partition coefficient (Wildman–Crippen LogP) is 2.94. The summed E-state index contributed by atoms with van der Waals surface area (Å²) in [6.45, 7) is 3.69. The van der Waals surface area contributed by atoms with E-state index in [2.05, 4.69) is 12.2 Å². The fourth-order valence-corrected chi connectivity index (χ4v) is 4.16. The summed E-state index contributed by atoms with van der Waals surface area (Å²) in [6.07, 6.45) is 3.66. The minimum absolute atomic E-state index is 0.284. The largest absolute Gasteiger partial charge is 0.465 e. The molecule has 0 fully saturated rings. The van der Waals surface area contributed by atoms with E-state index < -0.39 is 17.8 Å². The fourth-order valence-electron chi connectivity index (χ4n) is 2.74. The number of esters is 2. The van der Waals surface area contributed by atoms with Crippen molar-refractivity contribution in [1.29, 1.82) is 0 Å². The van der Waals surface area contributed by atoms with Crippen LogP contribution in [0.5, 0.6) is 0 Å². The normalized spacial score (nSPS) is 16.2. The van der Waals surface area contributed by atoms with Gasteiger partial charge in [0, 0.05) is 11.3 Å². The van der Waals surface area contributed by atoms with Gasteiger partial charge in [-0.05, 0) is 37.2 Å². The van der Waals surface area contributed by atoms with Gasteiger partial charge in [0.15, 0.2) is 6.61 Å². The lowest BCUT2D eigenvalue weighted by Crippen LogP contribution is -2.21. The molecule has 0 saturated heterocycles. The second kappa shape index (κ2) is 8.28. The zero-order chi connectivity index (χ0) is 17.7. The van der Waals surface area contributed by atoms with Gasteiger partial charge in [0.05, 0.1) is 12.7 Å². The third-order valence-corrected chi connectivity index (χ3v) is 5.14. The van der Waals surface area contributed by atoms with Crippen LogP contribution in [0.3, 0.4) is 0 Å². The van der Waals surface area contributed by atoms with Gasteiger partial charge in [0.1, 0.15) is 5.00 Å². The van der Waals surface area contributed by atoms with Gasteiger partial charge in [-0.15, -0.1) is 11.3 Å². The SMILES string of the molecule is CCCC(=O)OCC(=O)Nc1sc2c(c1C(=O)OC)CC[C@H](C)C2. The van der Waals surface area contributed by atoms with Crippen molar-refractivity contribution < 1.29 is 23.9 Å². The second-order valence-corrected chi connectivity index (χ2v) is 7.11. The van der Waals surface area contributed by atoms with E-state index in [0.29, 0.717) is 22.9 Å². The average molecular weight is 353 g/mol. The molecule has 0 spiro atoms. The van der Waals surface area contributed by atoms with E-state index in [0.717, 1.165) is 29.7 Å². The van der Waals surface area contributed by atoms with E-state index in [-0.39, 0.29) is 13.0 Å². The highest BCUT2D eigenvalue weighted by Crippen LogP contribution is 2.39. The third-order valence-electron chi connectivity index (χ3n) is 3.97. The van der Waals surface area contributed by atoms with E-state index >= 15 is 0 Å². The molecule has 1 atom stereocenters. The van der Waals surface area contributed by atoms with Crippen LogP contribution < -0.4 is 5.32 Å². The maximum atomic E-state index is 12.1. The van der Waals surface area contributed by atoms with Gasteiger partial charge in [-0.3, -0.25) is 9.59 Å². The van der Waals surface area contributed by atoms with E-state index in [4.69, 9.17) is 9.47 Å². The molecule has 0 bridgehead atoms. The Bertz CT molecular complexity index is 637. The Hall–Kier alpha value is -1.89. The number of ether oxygens (including phenoxy) is 2. The van der Waals surface area contributed by atoms with Crippen LogP contribution in [0.25, 0.3) is 0 Å². The van der Waals surface area contributed by atoms with Gasteiger partial charge in [-0.25, -0.2) is 4.79 Å². The molecule has 6 nitrogen and oxygen atoms in total. The van der Waals surface area contributed by atoms with Crippen molar-refractivity contribution in [3.8, 4) is 0 Å². The Morgan fingerprint density at radius 2 is 2.08 bits per heavy atom. The third kappa shape index (κ3) is 4.35. The Morgan fingerprint density at radius 1 is 1.33 bits per heavy atom. The van der Waals surface area contributed by atoms with Crippen LogP contribution in [0.2, 0.25) is 0 Å². The van der Waals surface area contributed by atoms with Gasteiger partial charge in [0.25, 0.3) is 5.91 Å². The zero-order valence-electron chi connectivity index (χ0n) is 14.3. The molecule has 1 aromatic rings. The second-order valence-electron chi connectivity index (χ2n) is 6.01. The van der Waals surface area contributed by atoms with E-state index in [9.17, 15) is 14.4 Å². The number of methoxy groups -OCH3 is 1. The van der Waals surface area contributed by atoms with Crippen LogP contribution >= 0.6 is 11.3 Å². The molecular formula is C17H23NO5S. The summed E-state index contributed by atoms with van der Waals surface area (Å²) in [6, 6.07) is 0. The molecular weight excluding hydrogens is 330 g/mol. The molecule has 0 unspecified atom stereocenters. The number of hydrogen-bond acceptors (Lipinski definition) is 6. The summed E-state index contributed by atoms with van der Waals surface area (Å²) in [7, 11) is 1.33. The van der Waals surface area contributed by atoms with Crippen molar-refractivity contribution in [2.24, 2.45) is 5.92 Å². The predicted molar refractivity (Wildman–Crippen MR) is 91.3 cm³/mol. The maximum Gasteiger partial charge on any atom is 0.341 e. The number of carbonyl (C=O) groups excluding carboxylic acids is 3. The minimum atomic E-state index is -0.448. The molecule has 24 heavy (non-hydrogen) atoms. The van der Waals surface area contributed by atoms with Crippen LogP contribution in [-0.4, -0.2) is 31.6 Å². The first-order valence-corrected chi connectivity index (χ1v) is 8.96. The Labute approximate surface area is 145 Å². The molecule has 1 heterocycles. The van der Waals surface area contributed by atoms with Crippen LogP contribution in [0.4, 0.5) is 5.00 Å². The van der Waals surface area contributed by atoms with E-state index in [1.807, 2.05) is 6.92 Å². The van der Waals surface area contributed by atoms with Crippen LogP contribution in [-0.2, 0) is 31.9 Å². The van der Waals surface area contributed by atoms with Gasteiger partial charge in [-0.2, -0.15) is 0 Å². The van der Waals surface area contributed by atoms with Gasteiger partial charge >= 0.3 is 11.9 Å². The summed E-state index contributed by atoms with van der Waals surface area (Å²) >= 11 is 1.41. The number of hydrogen-bond donors (Lipinski definition) is 1. The summed E-state index contributed by atoms with van der Waals surface area (Å²) in [5, 5.41) is 3.18. The van der Waals surface area contributed by atoms with Crippen LogP contribution in [0, 0.1) is 5.92 Å². The van der Waals surface area contributed by atoms with Gasteiger partial charge < -0.3 is 14.8 Å². The average Bonchev–Trinajstić information content (AvgIpc) is 2.89. The van der Waals surface area contributed by atoms with Crippen molar-refractivity contribution in [3.63, 3.8) is 0 Å². The topological polar surface area (TPSA) is 81.7 Å². The van der Waals surface area contributed by atoms with Crippen molar-refractivity contribution in [1.82, 2.24) is 0 Å². The number of carbonyl (C=O) groups is 3. The standard InChI is InChI=1S/C17H23NO5S/c1-4-5-14(20)23-9-13(19)18-16-15(17(21)22-3)11-7-6-10(2)8-12(11)24-16/h10H,4-9H2,1-3H3,(H,18,19)/t10-/m0/s1. The monoisotopic (exact) mass is 353 g/mol. The van der Waals surface area contributed by atoms with Crippen molar-refractivity contribution in [2.75, 3.05) is 19.0 Å². The van der Waals surface area contributed by atoms with Gasteiger partial charge in [-0.1, -0.05) is 13.8 Å². The number of anilines is 1. The Balaban J connectivity index is 2.13.